The van der Waals surface area contributed by atoms with E-state index in [2.05, 4.69) is 27.4 Å². The fraction of sp³-hybridized carbons (Fsp3) is 0.706. The second-order valence-corrected chi connectivity index (χ2v) is 7.84. The van der Waals surface area contributed by atoms with Crippen molar-refractivity contribution in [3.05, 3.63) is 10.6 Å². The summed E-state index contributed by atoms with van der Waals surface area (Å²) in [6.07, 6.45) is 2.66. The molecule has 1 aliphatic rings. The third-order valence-electron chi connectivity index (χ3n) is 4.30. The molecule has 1 fully saturated rings. The molecule has 1 saturated heterocycles. The highest BCUT2D eigenvalue weighted by Crippen LogP contribution is 2.22. The van der Waals surface area contributed by atoms with E-state index in [-0.39, 0.29) is 23.8 Å². The van der Waals surface area contributed by atoms with E-state index in [1.807, 2.05) is 20.8 Å². The van der Waals surface area contributed by atoms with Gasteiger partial charge in [-0.15, -0.1) is 11.3 Å². The molecule has 1 aliphatic heterocycles. The highest BCUT2D eigenvalue weighted by molar-refractivity contribution is 7.15. The van der Waals surface area contributed by atoms with Crippen molar-refractivity contribution in [3.63, 3.8) is 0 Å². The van der Waals surface area contributed by atoms with Gasteiger partial charge >= 0.3 is 0 Å². The molecule has 0 bridgehead atoms. The van der Waals surface area contributed by atoms with Gasteiger partial charge in [0, 0.05) is 29.9 Å². The standard InChI is InChI=1S/C17H28N4O2S/c1-5-14-12(4)24-17(19-14)20-15(22)10-21-8-6-13(7-9-21)18-16(23)11(2)3/h11,13H,5-10H2,1-4H3,(H,18,23)(H,19,20,22). The van der Waals surface area contributed by atoms with E-state index < -0.39 is 0 Å². The van der Waals surface area contributed by atoms with Gasteiger partial charge in [-0.2, -0.15) is 0 Å². The van der Waals surface area contributed by atoms with E-state index in [1.54, 1.807) is 0 Å². The van der Waals surface area contributed by atoms with E-state index in [9.17, 15) is 9.59 Å². The molecule has 0 aliphatic carbocycles. The van der Waals surface area contributed by atoms with Crippen LogP contribution >= 0.6 is 11.3 Å². The maximum absolute atomic E-state index is 12.2. The number of rotatable bonds is 6. The topological polar surface area (TPSA) is 74.3 Å². The number of hydrogen-bond acceptors (Lipinski definition) is 5. The Hall–Kier alpha value is -1.47. The summed E-state index contributed by atoms with van der Waals surface area (Å²) in [4.78, 5) is 31.7. The lowest BCUT2D eigenvalue weighted by Crippen LogP contribution is -2.47. The Bertz CT molecular complexity index is 577. The van der Waals surface area contributed by atoms with Crippen LogP contribution < -0.4 is 10.6 Å². The third-order valence-corrected chi connectivity index (χ3v) is 5.23. The SMILES string of the molecule is CCc1nc(NC(=O)CN2CCC(NC(=O)C(C)C)CC2)sc1C. The van der Waals surface area contributed by atoms with Crippen molar-refractivity contribution < 1.29 is 9.59 Å². The Balaban J connectivity index is 1.74. The lowest BCUT2D eigenvalue weighted by atomic mass is 10.0. The number of piperidine rings is 1. The first kappa shape index (κ1) is 18.9. The largest absolute Gasteiger partial charge is 0.353 e. The Labute approximate surface area is 148 Å². The van der Waals surface area contributed by atoms with Crippen molar-refractivity contribution >= 4 is 28.3 Å². The number of likely N-dealkylation sites (tertiary alicyclic amines) is 1. The highest BCUT2D eigenvalue weighted by Gasteiger charge is 2.23. The van der Waals surface area contributed by atoms with Crippen molar-refractivity contribution in [2.24, 2.45) is 5.92 Å². The van der Waals surface area contributed by atoms with Crippen LogP contribution in [0.2, 0.25) is 0 Å². The molecular formula is C17H28N4O2S. The van der Waals surface area contributed by atoms with Crippen LogP contribution in [0, 0.1) is 12.8 Å². The minimum absolute atomic E-state index is 0.0172. The molecule has 2 rings (SSSR count). The van der Waals surface area contributed by atoms with E-state index in [1.165, 1.54) is 11.3 Å². The van der Waals surface area contributed by atoms with Crippen molar-refractivity contribution in [1.82, 2.24) is 15.2 Å². The van der Waals surface area contributed by atoms with Crippen molar-refractivity contribution in [2.45, 2.75) is 53.0 Å². The van der Waals surface area contributed by atoms with Gasteiger partial charge < -0.3 is 10.6 Å². The average Bonchev–Trinajstić information content (AvgIpc) is 2.88. The maximum Gasteiger partial charge on any atom is 0.240 e. The Kier molecular flexibility index (Phi) is 6.74. The quantitative estimate of drug-likeness (QED) is 0.823. The number of carbonyl (C=O) groups is 2. The number of nitrogens with one attached hydrogen (secondary N) is 2. The summed E-state index contributed by atoms with van der Waals surface area (Å²) in [5.74, 6) is 0.108. The molecule has 0 radical (unpaired) electrons. The first-order valence-corrected chi connectivity index (χ1v) is 9.49. The second kappa shape index (κ2) is 8.58. The number of aryl methyl sites for hydroxylation is 2. The van der Waals surface area contributed by atoms with Gasteiger partial charge in [-0.25, -0.2) is 4.98 Å². The van der Waals surface area contributed by atoms with Crippen LogP contribution in [-0.2, 0) is 16.0 Å². The fourth-order valence-electron chi connectivity index (χ4n) is 2.77. The van der Waals surface area contributed by atoms with Crippen molar-refractivity contribution in [1.29, 1.82) is 0 Å². The Morgan fingerprint density at radius 3 is 2.54 bits per heavy atom. The van der Waals surface area contributed by atoms with Crippen LogP contribution in [0.5, 0.6) is 0 Å². The van der Waals surface area contributed by atoms with Gasteiger partial charge in [0.1, 0.15) is 0 Å². The maximum atomic E-state index is 12.2. The summed E-state index contributed by atoms with van der Waals surface area (Å²) in [5.41, 5.74) is 1.05. The molecule has 2 N–H and O–H groups in total. The summed E-state index contributed by atoms with van der Waals surface area (Å²) in [5, 5.41) is 6.66. The Morgan fingerprint density at radius 1 is 1.33 bits per heavy atom. The number of hydrogen-bond donors (Lipinski definition) is 2. The van der Waals surface area contributed by atoms with Gasteiger partial charge in [-0.3, -0.25) is 14.5 Å². The van der Waals surface area contributed by atoms with Gasteiger partial charge in [0.2, 0.25) is 11.8 Å². The zero-order valence-corrected chi connectivity index (χ0v) is 15.8. The lowest BCUT2D eigenvalue weighted by molar-refractivity contribution is -0.125. The molecule has 0 saturated carbocycles. The molecule has 24 heavy (non-hydrogen) atoms. The van der Waals surface area contributed by atoms with E-state index in [0.717, 1.165) is 42.9 Å². The summed E-state index contributed by atoms with van der Waals surface area (Å²) >= 11 is 1.53. The predicted octanol–water partition coefficient (Wildman–Crippen LogP) is 2.19. The predicted molar refractivity (Wildman–Crippen MR) is 97.3 cm³/mol. The number of nitrogens with zero attached hydrogens (tertiary/aromatic N) is 2. The van der Waals surface area contributed by atoms with Crippen molar-refractivity contribution in [2.75, 3.05) is 25.0 Å². The van der Waals surface area contributed by atoms with E-state index in [0.29, 0.717) is 11.7 Å². The van der Waals surface area contributed by atoms with Gasteiger partial charge in [-0.1, -0.05) is 20.8 Å². The molecule has 0 atom stereocenters. The highest BCUT2D eigenvalue weighted by atomic mass is 32.1. The van der Waals surface area contributed by atoms with Gasteiger partial charge in [-0.05, 0) is 26.2 Å². The summed E-state index contributed by atoms with van der Waals surface area (Å²) in [6, 6.07) is 0.230. The van der Waals surface area contributed by atoms with Crippen LogP contribution in [-0.4, -0.2) is 47.4 Å². The summed E-state index contributed by atoms with van der Waals surface area (Å²) < 4.78 is 0. The van der Waals surface area contributed by atoms with Crippen LogP contribution in [0.1, 0.15) is 44.2 Å². The van der Waals surface area contributed by atoms with Crippen LogP contribution in [0.25, 0.3) is 0 Å². The lowest BCUT2D eigenvalue weighted by Gasteiger charge is -2.32. The molecule has 1 aromatic rings. The molecule has 7 heteroatoms. The normalized spacial score (nSPS) is 16.4. The van der Waals surface area contributed by atoms with Crippen LogP contribution in [0.15, 0.2) is 0 Å². The van der Waals surface area contributed by atoms with Crippen LogP contribution in [0.4, 0.5) is 5.13 Å². The molecule has 134 valence electrons. The molecule has 0 spiro atoms. The van der Waals surface area contributed by atoms with Crippen molar-refractivity contribution in [3.8, 4) is 0 Å². The smallest absolute Gasteiger partial charge is 0.240 e. The molecule has 0 unspecified atom stereocenters. The molecule has 1 aromatic heterocycles. The third kappa shape index (κ3) is 5.27. The van der Waals surface area contributed by atoms with Gasteiger partial charge in [0.25, 0.3) is 0 Å². The monoisotopic (exact) mass is 352 g/mol. The summed E-state index contributed by atoms with van der Waals surface area (Å²) in [6.45, 7) is 9.93. The molecular weight excluding hydrogens is 324 g/mol. The first-order valence-electron chi connectivity index (χ1n) is 8.68. The first-order chi connectivity index (χ1) is 11.4. The molecule has 2 heterocycles. The number of carbonyl (C=O) groups excluding carboxylic acids is 2. The second-order valence-electron chi connectivity index (χ2n) is 6.64. The number of amides is 2. The minimum Gasteiger partial charge on any atom is -0.353 e. The number of thiazole rings is 1. The van der Waals surface area contributed by atoms with Gasteiger partial charge in [0.15, 0.2) is 5.13 Å². The zero-order chi connectivity index (χ0) is 17.7. The fourth-order valence-corrected chi connectivity index (χ4v) is 3.69. The van der Waals surface area contributed by atoms with E-state index >= 15 is 0 Å². The molecule has 2 amide bonds. The molecule has 0 aromatic carbocycles. The number of aromatic nitrogens is 1. The summed E-state index contributed by atoms with van der Waals surface area (Å²) in [7, 11) is 0. The van der Waals surface area contributed by atoms with Gasteiger partial charge in [0.05, 0.1) is 12.2 Å². The van der Waals surface area contributed by atoms with Crippen LogP contribution in [0.3, 0.4) is 0 Å². The molecule has 6 nitrogen and oxygen atoms in total. The zero-order valence-electron chi connectivity index (χ0n) is 15.0. The average molecular weight is 353 g/mol. The Morgan fingerprint density at radius 2 is 2.00 bits per heavy atom. The minimum atomic E-state index is -0.0175. The van der Waals surface area contributed by atoms with E-state index in [4.69, 9.17) is 0 Å². The number of anilines is 1.